The molecule has 0 spiro atoms. The fourth-order valence-electron chi connectivity index (χ4n) is 1.89. The van der Waals surface area contributed by atoms with E-state index in [2.05, 4.69) is 0 Å². The number of carboxylic acid groups (broad SMARTS) is 1. The van der Waals surface area contributed by atoms with Crippen LogP contribution in [0, 0.1) is 0 Å². The van der Waals surface area contributed by atoms with Crippen molar-refractivity contribution in [3.8, 4) is 5.75 Å². The number of aromatic nitrogens is 1. The van der Waals surface area contributed by atoms with Gasteiger partial charge in [-0.3, -0.25) is 4.79 Å². The van der Waals surface area contributed by atoms with Gasteiger partial charge in [0, 0.05) is 17.5 Å². The van der Waals surface area contributed by atoms with Crippen molar-refractivity contribution < 1.29 is 14.6 Å². The Morgan fingerprint density at radius 3 is 2.67 bits per heavy atom. The van der Waals surface area contributed by atoms with E-state index < -0.39 is 11.5 Å². The number of fused-ring (bicyclic) bond motifs is 1. The molecule has 6 heteroatoms. The molecular weight excluding hydrogens is 258 g/mol. The molecule has 0 unspecified atom stereocenters. The van der Waals surface area contributed by atoms with E-state index in [4.69, 9.17) is 16.3 Å². The van der Waals surface area contributed by atoms with Crippen LogP contribution in [0.4, 0.5) is 0 Å². The van der Waals surface area contributed by atoms with Crippen LogP contribution in [0.15, 0.2) is 23.0 Å². The second-order valence-electron chi connectivity index (χ2n) is 3.74. The number of aromatic carboxylic acids is 1. The highest BCUT2D eigenvalue weighted by molar-refractivity contribution is 6.31. The molecule has 1 aromatic heterocycles. The van der Waals surface area contributed by atoms with Crippen LogP contribution in [0.5, 0.6) is 5.75 Å². The van der Waals surface area contributed by atoms with Crippen molar-refractivity contribution in [3.05, 3.63) is 39.1 Å². The Labute approximate surface area is 107 Å². The summed E-state index contributed by atoms with van der Waals surface area (Å²) >= 11 is 5.86. The SMILES string of the molecule is COc1c(C(=O)O)c2cc(Cl)ccc2n(C)c1=O. The maximum absolute atomic E-state index is 12.0. The van der Waals surface area contributed by atoms with E-state index in [0.29, 0.717) is 15.9 Å². The maximum Gasteiger partial charge on any atom is 0.340 e. The van der Waals surface area contributed by atoms with Gasteiger partial charge in [-0.1, -0.05) is 11.6 Å². The van der Waals surface area contributed by atoms with Crippen LogP contribution in [-0.2, 0) is 7.05 Å². The zero-order valence-electron chi connectivity index (χ0n) is 9.73. The van der Waals surface area contributed by atoms with Crippen molar-refractivity contribution in [3.63, 3.8) is 0 Å². The number of aryl methyl sites for hydroxylation is 1. The second-order valence-corrected chi connectivity index (χ2v) is 4.18. The number of rotatable bonds is 2. The Bertz CT molecular complexity index is 705. The number of pyridine rings is 1. The lowest BCUT2D eigenvalue weighted by Crippen LogP contribution is -2.22. The summed E-state index contributed by atoms with van der Waals surface area (Å²) < 4.78 is 6.24. The third-order valence-corrected chi connectivity index (χ3v) is 2.97. The summed E-state index contributed by atoms with van der Waals surface area (Å²) in [7, 11) is 2.81. The Kier molecular flexibility index (Phi) is 3.00. The summed E-state index contributed by atoms with van der Waals surface area (Å²) in [5, 5.41) is 9.99. The van der Waals surface area contributed by atoms with Crippen LogP contribution < -0.4 is 10.3 Å². The summed E-state index contributed by atoms with van der Waals surface area (Å²) in [5.74, 6) is -1.42. The number of ether oxygens (including phenoxy) is 1. The molecule has 1 aromatic carbocycles. The monoisotopic (exact) mass is 267 g/mol. The number of methoxy groups -OCH3 is 1. The van der Waals surface area contributed by atoms with Crippen LogP contribution in [0.1, 0.15) is 10.4 Å². The predicted octanol–water partition coefficient (Wildman–Crippen LogP) is 1.90. The minimum Gasteiger partial charge on any atom is -0.490 e. The number of hydrogen-bond donors (Lipinski definition) is 1. The van der Waals surface area contributed by atoms with Crippen molar-refractivity contribution in [2.24, 2.45) is 7.05 Å². The van der Waals surface area contributed by atoms with E-state index in [0.717, 1.165) is 0 Å². The van der Waals surface area contributed by atoms with Crippen LogP contribution in [-0.4, -0.2) is 22.8 Å². The molecule has 1 N–H and O–H groups in total. The smallest absolute Gasteiger partial charge is 0.340 e. The van der Waals surface area contributed by atoms with Gasteiger partial charge < -0.3 is 14.4 Å². The minimum absolute atomic E-state index is 0.168. The largest absolute Gasteiger partial charge is 0.490 e. The summed E-state index contributed by atoms with van der Waals surface area (Å²) in [5.41, 5.74) is -0.176. The molecule has 0 saturated carbocycles. The minimum atomic E-state index is -1.23. The molecule has 0 aliphatic rings. The van der Waals surface area contributed by atoms with E-state index in [-0.39, 0.29) is 11.3 Å². The van der Waals surface area contributed by atoms with Crippen molar-refractivity contribution in [1.82, 2.24) is 4.57 Å². The summed E-state index contributed by atoms with van der Waals surface area (Å²) in [6.45, 7) is 0. The lowest BCUT2D eigenvalue weighted by atomic mass is 10.1. The van der Waals surface area contributed by atoms with Crippen LogP contribution in [0.25, 0.3) is 10.9 Å². The van der Waals surface area contributed by atoms with Crippen molar-refractivity contribution in [2.75, 3.05) is 7.11 Å². The zero-order valence-corrected chi connectivity index (χ0v) is 10.5. The molecule has 2 aromatic rings. The summed E-state index contributed by atoms with van der Waals surface area (Å²) in [6, 6.07) is 4.70. The maximum atomic E-state index is 12.0. The van der Waals surface area contributed by atoms with E-state index >= 15 is 0 Å². The molecule has 0 fully saturated rings. The van der Waals surface area contributed by atoms with Gasteiger partial charge in [0.2, 0.25) is 0 Å². The van der Waals surface area contributed by atoms with Gasteiger partial charge in [0.05, 0.1) is 12.6 Å². The average Bonchev–Trinajstić information content (AvgIpc) is 2.32. The third-order valence-electron chi connectivity index (χ3n) is 2.73. The highest BCUT2D eigenvalue weighted by atomic mass is 35.5. The Morgan fingerprint density at radius 1 is 1.44 bits per heavy atom. The number of hydrogen-bond acceptors (Lipinski definition) is 3. The predicted molar refractivity (Wildman–Crippen MR) is 67.7 cm³/mol. The quantitative estimate of drug-likeness (QED) is 0.902. The van der Waals surface area contributed by atoms with Gasteiger partial charge in [-0.05, 0) is 18.2 Å². The van der Waals surface area contributed by atoms with Crippen LogP contribution in [0.2, 0.25) is 5.02 Å². The van der Waals surface area contributed by atoms with Gasteiger partial charge in [-0.2, -0.15) is 0 Å². The lowest BCUT2D eigenvalue weighted by molar-refractivity contribution is 0.0695. The van der Waals surface area contributed by atoms with Crippen molar-refractivity contribution >= 4 is 28.5 Å². The number of nitrogens with zero attached hydrogens (tertiary/aromatic N) is 1. The number of carboxylic acids is 1. The Hall–Kier alpha value is -2.01. The molecule has 0 atom stereocenters. The van der Waals surface area contributed by atoms with Crippen molar-refractivity contribution in [1.29, 1.82) is 0 Å². The first kappa shape index (κ1) is 12.4. The molecule has 0 aliphatic carbocycles. The fraction of sp³-hybridized carbons (Fsp3) is 0.167. The fourth-order valence-corrected chi connectivity index (χ4v) is 2.07. The number of benzene rings is 1. The zero-order chi connectivity index (χ0) is 13.4. The Balaban J connectivity index is 3.09. The van der Waals surface area contributed by atoms with Crippen LogP contribution >= 0.6 is 11.6 Å². The Morgan fingerprint density at radius 2 is 2.11 bits per heavy atom. The van der Waals surface area contributed by atoms with Crippen LogP contribution in [0.3, 0.4) is 0 Å². The van der Waals surface area contributed by atoms with Gasteiger partial charge in [0.25, 0.3) is 5.56 Å². The van der Waals surface area contributed by atoms with Gasteiger partial charge in [0.1, 0.15) is 5.56 Å². The van der Waals surface area contributed by atoms with E-state index in [1.54, 1.807) is 19.2 Å². The molecule has 5 nitrogen and oxygen atoms in total. The number of carbonyl (C=O) groups is 1. The average molecular weight is 268 g/mol. The first-order valence-corrected chi connectivity index (χ1v) is 5.44. The molecular formula is C12H10ClNO4. The molecule has 0 radical (unpaired) electrons. The first-order chi connectivity index (χ1) is 8.47. The van der Waals surface area contributed by atoms with E-state index in [1.807, 2.05) is 0 Å². The molecule has 2 rings (SSSR count). The van der Waals surface area contributed by atoms with E-state index in [1.165, 1.54) is 17.7 Å². The summed E-state index contributed by atoms with van der Waals surface area (Å²) in [6.07, 6.45) is 0. The molecule has 0 amide bonds. The molecule has 1 heterocycles. The van der Waals surface area contributed by atoms with Gasteiger partial charge in [0.15, 0.2) is 5.75 Å². The summed E-state index contributed by atoms with van der Waals surface area (Å²) in [4.78, 5) is 23.3. The highest BCUT2D eigenvalue weighted by Gasteiger charge is 2.21. The van der Waals surface area contributed by atoms with Gasteiger partial charge in [-0.25, -0.2) is 4.79 Å². The number of halogens is 1. The molecule has 0 aliphatic heterocycles. The van der Waals surface area contributed by atoms with Gasteiger partial charge in [-0.15, -0.1) is 0 Å². The lowest BCUT2D eigenvalue weighted by Gasteiger charge is -2.12. The topological polar surface area (TPSA) is 68.5 Å². The van der Waals surface area contributed by atoms with Crippen molar-refractivity contribution in [2.45, 2.75) is 0 Å². The van der Waals surface area contributed by atoms with E-state index in [9.17, 15) is 14.7 Å². The third kappa shape index (κ3) is 1.73. The molecule has 0 saturated heterocycles. The second kappa shape index (κ2) is 4.34. The normalized spacial score (nSPS) is 10.6. The highest BCUT2D eigenvalue weighted by Crippen LogP contribution is 2.26. The first-order valence-electron chi connectivity index (χ1n) is 5.07. The molecule has 18 heavy (non-hydrogen) atoms. The van der Waals surface area contributed by atoms with Gasteiger partial charge >= 0.3 is 5.97 Å². The molecule has 94 valence electrons. The standard InChI is InChI=1S/C12H10ClNO4/c1-14-8-4-3-6(13)5-7(8)9(12(16)17)10(18-2)11(14)15/h3-5H,1-2H3,(H,16,17). The molecule has 0 bridgehead atoms.